The van der Waals surface area contributed by atoms with Crippen LogP contribution in [0.5, 0.6) is 0 Å². The van der Waals surface area contributed by atoms with Crippen LogP contribution < -0.4 is 10.8 Å². The number of morpholine rings is 1. The smallest absolute Gasteiger partial charge is 0.327 e. The zero-order valence-electron chi connectivity index (χ0n) is 21.8. The van der Waals surface area contributed by atoms with Crippen LogP contribution in [0, 0.1) is 5.92 Å². The summed E-state index contributed by atoms with van der Waals surface area (Å²) in [6.45, 7) is 8.64. The number of carboxylic acids is 2. The number of carbonyl (C=O) groups is 5. The maximum atomic E-state index is 13.3. The molecule has 1 aliphatic rings. The van der Waals surface area contributed by atoms with Crippen molar-refractivity contribution in [2.24, 2.45) is 5.92 Å². The van der Waals surface area contributed by atoms with Gasteiger partial charge in [0.2, 0.25) is 5.91 Å². The lowest BCUT2D eigenvalue weighted by Gasteiger charge is -2.30. The summed E-state index contributed by atoms with van der Waals surface area (Å²) in [5, 5.41) is 21.3. The largest absolute Gasteiger partial charge is 0.481 e. The molecule has 1 fully saturated rings. The van der Waals surface area contributed by atoms with Crippen LogP contribution in [0.15, 0.2) is 30.3 Å². The van der Waals surface area contributed by atoms with Crippen molar-refractivity contribution in [1.82, 2.24) is 20.6 Å². The van der Waals surface area contributed by atoms with E-state index in [4.69, 9.17) is 9.57 Å². The zero-order chi connectivity index (χ0) is 28.2. The van der Waals surface area contributed by atoms with Gasteiger partial charge in [-0.15, -0.1) is 0 Å². The Morgan fingerprint density at radius 3 is 2.24 bits per heavy atom. The third-order valence-corrected chi connectivity index (χ3v) is 5.94. The van der Waals surface area contributed by atoms with Gasteiger partial charge in [-0.25, -0.2) is 4.79 Å². The molecule has 0 unspecified atom stereocenters. The molecule has 0 radical (unpaired) electrons. The highest BCUT2D eigenvalue weighted by Gasteiger charge is 2.39. The number of aliphatic carboxylic acids is 2. The van der Waals surface area contributed by atoms with E-state index in [1.807, 2.05) is 0 Å². The lowest BCUT2D eigenvalue weighted by Crippen LogP contribution is -2.58. The summed E-state index contributed by atoms with van der Waals surface area (Å²) < 4.78 is 5.30. The minimum Gasteiger partial charge on any atom is -0.481 e. The first kappa shape index (κ1) is 30.8. The average molecular weight is 537 g/mol. The standard InChI is InChI=1S/C25H36N4O9/c1-16(2)21(27-38-14-11-28-9-12-37-13-10-28)22(32)26-17(3)23(33)29(19(25(35)36)15-20(30)31)24(34)18-7-5-4-6-8-18/h4-8,16-17,19,21,27H,9-15H2,1-3H3,(H,26,32)(H,30,31)(H,35,36)/t17-,19-,21-/m0/s1. The van der Waals surface area contributed by atoms with Crippen molar-refractivity contribution in [2.45, 2.75) is 45.3 Å². The van der Waals surface area contributed by atoms with Gasteiger partial charge in [0, 0.05) is 25.2 Å². The van der Waals surface area contributed by atoms with E-state index in [1.165, 1.54) is 31.2 Å². The number of hydrogen-bond acceptors (Lipinski definition) is 9. The van der Waals surface area contributed by atoms with E-state index in [0.29, 0.717) is 31.3 Å². The molecule has 0 aromatic heterocycles. The highest BCUT2D eigenvalue weighted by molar-refractivity contribution is 6.09. The molecular formula is C25H36N4O9. The Hall–Kier alpha value is -3.39. The minimum atomic E-state index is -1.98. The molecule has 2 rings (SSSR count). The quantitative estimate of drug-likeness (QED) is 0.186. The van der Waals surface area contributed by atoms with Gasteiger partial charge in [0.15, 0.2) is 0 Å². The Kier molecular flexibility index (Phi) is 12.3. The second-order valence-corrected chi connectivity index (χ2v) is 9.20. The van der Waals surface area contributed by atoms with Gasteiger partial charge < -0.3 is 20.3 Å². The van der Waals surface area contributed by atoms with Crippen LogP contribution in [0.2, 0.25) is 0 Å². The third kappa shape index (κ3) is 9.17. The molecule has 3 amide bonds. The van der Waals surface area contributed by atoms with Crippen molar-refractivity contribution < 1.29 is 43.8 Å². The fraction of sp³-hybridized carbons (Fsp3) is 0.560. The lowest BCUT2D eigenvalue weighted by molar-refractivity contribution is -0.153. The van der Waals surface area contributed by atoms with Gasteiger partial charge in [0.1, 0.15) is 18.1 Å². The van der Waals surface area contributed by atoms with Gasteiger partial charge in [0.25, 0.3) is 11.8 Å². The molecule has 3 atom stereocenters. The van der Waals surface area contributed by atoms with Gasteiger partial charge in [-0.1, -0.05) is 32.0 Å². The third-order valence-electron chi connectivity index (χ3n) is 5.94. The number of amides is 3. The normalized spacial score (nSPS) is 16.3. The van der Waals surface area contributed by atoms with E-state index >= 15 is 0 Å². The highest BCUT2D eigenvalue weighted by atomic mass is 16.6. The van der Waals surface area contributed by atoms with Crippen molar-refractivity contribution in [3.05, 3.63) is 35.9 Å². The first-order valence-electron chi connectivity index (χ1n) is 12.4. The summed E-state index contributed by atoms with van der Waals surface area (Å²) in [7, 11) is 0. The minimum absolute atomic E-state index is 0.00796. The van der Waals surface area contributed by atoms with E-state index in [-0.39, 0.29) is 11.5 Å². The summed E-state index contributed by atoms with van der Waals surface area (Å²) in [4.78, 5) is 70.7. The van der Waals surface area contributed by atoms with Gasteiger partial charge in [-0.3, -0.25) is 33.8 Å². The molecule has 1 aliphatic heterocycles. The van der Waals surface area contributed by atoms with Crippen LogP contribution in [0.3, 0.4) is 0 Å². The van der Waals surface area contributed by atoms with E-state index in [0.717, 1.165) is 13.1 Å². The maximum Gasteiger partial charge on any atom is 0.327 e. The summed E-state index contributed by atoms with van der Waals surface area (Å²) in [5.74, 6) is -6.08. The number of carboxylic acid groups (broad SMARTS) is 2. The van der Waals surface area contributed by atoms with Crippen molar-refractivity contribution in [2.75, 3.05) is 39.5 Å². The maximum absolute atomic E-state index is 13.3. The molecule has 38 heavy (non-hydrogen) atoms. The SMILES string of the molecule is CC(C)[C@H](NOCCN1CCOCC1)C(=O)N[C@@H](C)C(=O)N(C(=O)c1ccccc1)[C@@H](CC(=O)O)C(=O)O. The van der Waals surface area contributed by atoms with Crippen LogP contribution >= 0.6 is 0 Å². The van der Waals surface area contributed by atoms with Crippen LogP contribution in [-0.4, -0.2) is 107 Å². The first-order chi connectivity index (χ1) is 18.0. The Labute approximate surface area is 221 Å². The summed E-state index contributed by atoms with van der Waals surface area (Å²) in [5.41, 5.74) is 2.71. The lowest BCUT2D eigenvalue weighted by atomic mass is 10.0. The fourth-order valence-corrected chi connectivity index (χ4v) is 3.78. The Morgan fingerprint density at radius 2 is 1.68 bits per heavy atom. The Balaban J connectivity index is 2.11. The van der Waals surface area contributed by atoms with Crippen molar-refractivity contribution in [3.63, 3.8) is 0 Å². The molecule has 0 aliphatic carbocycles. The molecule has 210 valence electrons. The highest BCUT2D eigenvalue weighted by Crippen LogP contribution is 2.15. The van der Waals surface area contributed by atoms with Gasteiger partial charge >= 0.3 is 11.9 Å². The van der Waals surface area contributed by atoms with E-state index in [1.54, 1.807) is 19.9 Å². The molecule has 13 heteroatoms. The average Bonchev–Trinajstić information content (AvgIpc) is 2.88. The summed E-state index contributed by atoms with van der Waals surface area (Å²) in [6.07, 6.45) is -1.01. The number of benzene rings is 1. The predicted molar refractivity (Wildman–Crippen MR) is 134 cm³/mol. The number of hydroxylamine groups is 1. The number of hydrogen-bond donors (Lipinski definition) is 4. The van der Waals surface area contributed by atoms with Crippen LogP contribution in [0.1, 0.15) is 37.6 Å². The molecule has 1 aromatic rings. The van der Waals surface area contributed by atoms with Crippen LogP contribution in [-0.2, 0) is 28.8 Å². The zero-order valence-corrected chi connectivity index (χ0v) is 21.8. The fourth-order valence-electron chi connectivity index (χ4n) is 3.78. The summed E-state index contributed by atoms with van der Waals surface area (Å²) in [6, 6.07) is 3.23. The Morgan fingerprint density at radius 1 is 1.05 bits per heavy atom. The molecule has 0 spiro atoms. The van der Waals surface area contributed by atoms with E-state index < -0.39 is 54.2 Å². The number of ether oxygens (including phenoxy) is 1. The van der Waals surface area contributed by atoms with Crippen LogP contribution in [0.25, 0.3) is 0 Å². The van der Waals surface area contributed by atoms with Crippen molar-refractivity contribution in [1.29, 1.82) is 0 Å². The van der Waals surface area contributed by atoms with E-state index in [2.05, 4.69) is 15.7 Å². The van der Waals surface area contributed by atoms with Gasteiger partial charge in [0.05, 0.1) is 26.2 Å². The van der Waals surface area contributed by atoms with Crippen LogP contribution in [0.4, 0.5) is 0 Å². The topological polar surface area (TPSA) is 175 Å². The molecular weight excluding hydrogens is 500 g/mol. The molecule has 0 bridgehead atoms. The molecule has 1 saturated heterocycles. The first-order valence-corrected chi connectivity index (χ1v) is 12.4. The summed E-state index contributed by atoms with van der Waals surface area (Å²) >= 11 is 0. The molecule has 13 nitrogen and oxygen atoms in total. The van der Waals surface area contributed by atoms with E-state index in [9.17, 15) is 34.2 Å². The number of nitrogens with zero attached hydrogens (tertiary/aromatic N) is 2. The monoisotopic (exact) mass is 536 g/mol. The van der Waals surface area contributed by atoms with Gasteiger partial charge in [-0.2, -0.15) is 5.48 Å². The Bertz CT molecular complexity index is 967. The number of nitrogens with one attached hydrogen (secondary N) is 2. The van der Waals surface area contributed by atoms with Gasteiger partial charge in [-0.05, 0) is 25.0 Å². The number of imide groups is 1. The predicted octanol–water partition coefficient (Wildman–Crippen LogP) is -0.0340. The molecule has 0 saturated carbocycles. The number of rotatable bonds is 14. The molecule has 1 aromatic carbocycles. The molecule has 4 N–H and O–H groups in total. The second kappa shape index (κ2) is 15.1. The number of carbonyl (C=O) groups excluding carboxylic acids is 3. The second-order valence-electron chi connectivity index (χ2n) is 9.20. The molecule has 1 heterocycles. The van der Waals surface area contributed by atoms with Crippen molar-refractivity contribution >= 4 is 29.7 Å². The van der Waals surface area contributed by atoms with Crippen molar-refractivity contribution in [3.8, 4) is 0 Å².